The number of benzene rings is 1. The van der Waals surface area contributed by atoms with Crippen molar-refractivity contribution in [2.75, 3.05) is 6.54 Å². The number of fused-ring (bicyclic) bond motifs is 1. The second kappa shape index (κ2) is 5.05. The van der Waals surface area contributed by atoms with Crippen molar-refractivity contribution >= 4 is 16.9 Å². The monoisotopic (exact) mass is 248 g/mol. The van der Waals surface area contributed by atoms with Gasteiger partial charge in [-0.15, -0.1) is 0 Å². The number of nitrogens with one attached hydrogen (secondary N) is 2. The molecule has 0 aliphatic rings. The number of aromatic amines is 1. The fourth-order valence-electron chi connectivity index (χ4n) is 1.78. The minimum Gasteiger partial charge on any atom is -0.353 e. The topological polar surface area (TPSA) is 92.9 Å². The van der Waals surface area contributed by atoms with E-state index in [1.165, 1.54) is 0 Å². The van der Waals surface area contributed by atoms with Crippen LogP contribution < -0.4 is 16.7 Å². The van der Waals surface area contributed by atoms with Crippen molar-refractivity contribution in [1.82, 2.24) is 14.9 Å². The van der Waals surface area contributed by atoms with Gasteiger partial charge in [-0.3, -0.25) is 9.36 Å². The largest absolute Gasteiger partial charge is 0.353 e. The zero-order valence-electron chi connectivity index (χ0n) is 10.1. The Balaban J connectivity index is 2.10. The van der Waals surface area contributed by atoms with E-state index in [9.17, 15) is 9.59 Å². The van der Waals surface area contributed by atoms with E-state index in [2.05, 4.69) is 10.3 Å². The molecule has 6 nitrogen and oxygen atoms in total. The average Bonchev–Trinajstić information content (AvgIpc) is 2.65. The first-order valence-electron chi connectivity index (χ1n) is 5.80. The lowest BCUT2D eigenvalue weighted by Gasteiger charge is -2.08. The highest BCUT2D eigenvalue weighted by Crippen LogP contribution is 2.08. The van der Waals surface area contributed by atoms with Gasteiger partial charge in [-0.2, -0.15) is 0 Å². The van der Waals surface area contributed by atoms with E-state index >= 15 is 0 Å². The van der Waals surface area contributed by atoms with Crippen LogP contribution in [0.3, 0.4) is 0 Å². The van der Waals surface area contributed by atoms with Gasteiger partial charge in [-0.25, -0.2) is 4.79 Å². The number of carbonyl (C=O) groups excluding carboxylic acids is 1. The highest BCUT2D eigenvalue weighted by atomic mass is 16.2. The van der Waals surface area contributed by atoms with Crippen LogP contribution in [0.4, 0.5) is 0 Å². The Morgan fingerprint density at radius 2 is 2.22 bits per heavy atom. The van der Waals surface area contributed by atoms with Crippen LogP contribution in [0, 0.1) is 0 Å². The number of nitrogens with two attached hydrogens (primary N) is 1. The Bertz CT molecular complexity index is 612. The number of aromatic nitrogens is 2. The van der Waals surface area contributed by atoms with Gasteiger partial charge in [0.1, 0.15) is 0 Å². The van der Waals surface area contributed by atoms with Crippen molar-refractivity contribution in [2.24, 2.45) is 5.73 Å². The Kier molecular flexibility index (Phi) is 3.47. The highest BCUT2D eigenvalue weighted by molar-refractivity contribution is 5.81. The van der Waals surface area contributed by atoms with Crippen LogP contribution in [0.15, 0.2) is 29.1 Å². The van der Waals surface area contributed by atoms with E-state index in [4.69, 9.17) is 5.73 Å². The van der Waals surface area contributed by atoms with Crippen LogP contribution in [0.2, 0.25) is 0 Å². The summed E-state index contributed by atoms with van der Waals surface area (Å²) in [5.74, 6) is -0.220. The van der Waals surface area contributed by atoms with Gasteiger partial charge >= 0.3 is 5.69 Å². The molecule has 96 valence electrons. The number of amides is 1. The molecule has 2 rings (SSSR count). The summed E-state index contributed by atoms with van der Waals surface area (Å²) in [6.45, 7) is 2.41. The number of carbonyl (C=O) groups is 1. The predicted octanol–water partition coefficient (Wildman–Crippen LogP) is -0.207. The Morgan fingerprint density at radius 3 is 2.94 bits per heavy atom. The maximum atomic E-state index is 11.7. The van der Waals surface area contributed by atoms with Crippen LogP contribution in [0.25, 0.3) is 11.0 Å². The van der Waals surface area contributed by atoms with Crippen LogP contribution in [0.1, 0.15) is 6.92 Å². The fourth-order valence-corrected chi connectivity index (χ4v) is 1.78. The van der Waals surface area contributed by atoms with Gasteiger partial charge in [0.15, 0.2) is 0 Å². The molecule has 1 aromatic carbocycles. The molecule has 0 aliphatic heterocycles. The number of hydrogen-bond donors (Lipinski definition) is 3. The Morgan fingerprint density at radius 1 is 1.50 bits per heavy atom. The van der Waals surface area contributed by atoms with Crippen LogP contribution in [-0.4, -0.2) is 28.0 Å². The zero-order chi connectivity index (χ0) is 13.1. The Hall–Kier alpha value is -2.08. The molecule has 0 unspecified atom stereocenters. The van der Waals surface area contributed by atoms with Gasteiger partial charge in [-0.05, 0) is 19.1 Å². The van der Waals surface area contributed by atoms with E-state index in [1.807, 2.05) is 24.3 Å². The molecule has 1 heterocycles. The minimum absolute atomic E-state index is 0.175. The lowest BCUT2D eigenvalue weighted by molar-refractivity contribution is -0.122. The molecule has 0 radical (unpaired) electrons. The summed E-state index contributed by atoms with van der Waals surface area (Å²) in [6, 6.07) is 6.89. The first kappa shape index (κ1) is 12.4. The van der Waals surface area contributed by atoms with Gasteiger partial charge in [0.2, 0.25) is 5.91 Å². The smallest absolute Gasteiger partial charge is 0.326 e. The lowest BCUT2D eigenvalue weighted by atomic mass is 10.3. The van der Waals surface area contributed by atoms with E-state index in [0.717, 1.165) is 11.0 Å². The second-order valence-electron chi connectivity index (χ2n) is 4.18. The molecule has 6 heteroatoms. The third kappa shape index (κ3) is 2.43. The molecule has 1 atom stereocenters. The van der Waals surface area contributed by atoms with Gasteiger partial charge in [-0.1, -0.05) is 12.1 Å². The SMILES string of the molecule is C[C@H](N)C(=O)NCCn1c(=O)[nH]c2ccccc21. The molecular formula is C12H16N4O2. The highest BCUT2D eigenvalue weighted by Gasteiger charge is 2.08. The minimum atomic E-state index is -0.537. The molecule has 1 amide bonds. The van der Waals surface area contributed by atoms with Crippen molar-refractivity contribution in [1.29, 1.82) is 0 Å². The molecule has 4 N–H and O–H groups in total. The summed E-state index contributed by atoms with van der Waals surface area (Å²) < 4.78 is 1.59. The molecule has 0 aliphatic carbocycles. The second-order valence-corrected chi connectivity index (χ2v) is 4.18. The standard InChI is InChI=1S/C12H16N4O2/c1-8(13)11(17)14-6-7-16-10-5-3-2-4-9(10)15-12(16)18/h2-5,8H,6-7,13H2,1H3,(H,14,17)(H,15,18)/t8-/m0/s1. The Labute approximate surface area is 104 Å². The van der Waals surface area contributed by atoms with Crippen molar-refractivity contribution < 1.29 is 4.79 Å². The van der Waals surface area contributed by atoms with Gasteiger partial charge in [0.25, 0.3) is 0 Å². The van der Waals surface area contributed by atoms with Crippen molar-refractivity contribution in [3.8, 4) is 0 Å². The summed E-state index contributed by atoms with van der Waals surface area (Å²) in [5, 5.41) is 2.67. The zero-order valence-corrected chi connectivity index (χ0v) is 10.1. The molecule has 0 spiro atoms. The van der Waals surface area contributed by atoms with Crippen molar-refractivity contribution in [3.63, 3.8) is 0 Å². The molecule has 0 saturated carbocycles. The maximum Gasteiger partial charge on any atom is 0.326 e. The van der Waals surface area contributed by atoms with Crippen LogP contribution in [0.5, 0.6) is 0 Å². The quantitative estimate of drug-likeness (QED) is 0.699. The number of para-hydroxylation sites is 2. The van der Waals surface area contributed by atoms with Gasteiger partial charge in [0, 0.05) is 13.1 Å². The molecule has 1 aromatic heterocycles. The molecule has 2 aromatic rings. The maximum absolute atomic E-state index is 11.7. The van der Waals surface area contributed by atoms with E-state index in [1.54, 1.807) is 11.5 Å². The summed E-state index contributed by atoms with van der Waals surface area (Å²) in [6.07, 6.45) is 0. The normalized spacial score (nSPS) is 12.6. The third-order valence-corrected chi connectivity index (χ3v) is 2.73. The number of H-pyrrole nitrogens is 1. The molecule has 0 bridgehead atoms. The first-order valence-corrected chi connectivity index (χ1v) is 5.80. The summed E-state index contributed by atoms with van der Waals surface area (Å²) in [7, 11) is 0. The van der Waals surface area contributed by atoms with Crippen LogP contribution >= 0.6 is 0 Å². The first-order chi connectivity index (χ1) is 8.59. The van der Waals surface area contributed by atoms with Gasteiger partial charge < -0.3 is 16.0 Å². The van der Waals surface area contributed by atoms with Crippen LogP contribution in [-0.2, 0) is 11.3 Å². The third-order valence-electron chi connectivity index (χ3n) is 2.73. The van der Waals surface area contributed by atoms with Crippen molar-refractivity contribution in [3.05, 3.63) is 34.7 Å². The average molecular weight is 248 g/mol. The molecule has 0 saturated heterocycles. The van der Waals surface area contributed by atoms with Gasteiger partial charge in [0.05, 0.1) is 17.1 Å². The number of nitrogens with zero attached hydrogens (tertiary/aromatic N) is 1. The summed E-state index contributed by atoms with van der Waals surface area (Å²) >= 11 is 0. The van der Waals surface area contributed by atoms with E-state index in [0.29, 0.717) is 13.1 Å². The molecular weight excluding hydrogens is 232 g/mol. The molecule has 18 heavy (non-hydrogen) atoms. The lowest BCUT2D eigenvalue weighted by Crippen LogP contribution is -2.40. The van der Waals surface area contributed by atoms with E-state index < -0.39 is 6.04 Å². The predicted molar refractivity (Wildman–Crippen MR) is 69.2 cm³/mol. The van der Waals surface area contributed by atoms with E-state index in [-0.39, 0.29) is 11.6 Å². The van der Waals surface area contributed by atoms with Crippen molar-refractivity contribution in [2.45, 2.75) is 19.5 Å². The fraction of sp³-hybridized carbons (Fsp3) is 0.333. The molecule has 0 fully saturated rings. The summed E-state index contributed by atoms with van der Waals surface area (Å²) in [5.41, 5.74) is 6.88. The number of hydrogen-bond acceptors (Lipinski definition) is 3. The number of imidazole rings is 1. The summed E-state index contributed by atoms with van der Waals surface area (Å²) in [4.78, 5) is 25.8. The number of rotatable bonds is 4.